The predicted octanol–water partition coefficient (Wildman–Crippen LogP) is 0.803. The van der Waals surface area contributed by atoms with Crippen LogP contribution in [0.5, 0.6) is 0 Å². The lowest BCUT2D eigenvalue weighted by molar-refractivity contribution is -0.130. The normalized spacial score (nSPS) is 37.2. The summed E-state index contributed by atoms with van der Waals surface area (Å²) >= 11 is 0. The lowest BCUT2D eigenvalue weighted by Crippen LogP contribution is -2.41. The molecule has 2 atom stereocenters. The van der Waals surface area contributed by atoms with E-state index in [9.17, 15) is 4.79 Å². The number of carbonyl (C=O) groups is 1. The topological polar surface area (TPSA) is 55.1 Å². The van der Waals surface area contributed by atoms with Gasteiger partial charge in [0.05, 0.1) is 0 Å². The summed E-state index contributed by atoms with van der Waals surface area (Å²) < 4.78 is 0. The second-order valence-corrected chi connectivity index (χ2v) is 3.88. The summed E-state index contributed by atoms with van der Waals surface area (Å²) in [5, 5.41) is 0. The van der Waals surface area contributed by atoms with Crippen molar-refractivity contribution in [3.8, 4) is 0 Å². The molecule has 0 aromatic carbocycles. The maximum atomic E-state index is 11.2. The molecule has 1 fully saturated rings. The van der Waals surface area contributed by atoms with Gasteiger partial charge in [-0.3, -0.25) is 10.2 Å². The van der Waals surface area contributed by atoms with Gasteiger partial charge < -0.3 is 0 Å². The Labute approximate surface area is 67.3 Å². The molecule has 0 aliphatic heterocycles. The van der Waals surface area contributed by atoms with Crippen molar-refractivity contribution in [2.75, 3.05) is 0 Å². The lowest BCUT2D eigenvalue weighted by Gasteiger charge is -2.20. The third-order valence-corrected chi connectivity index (χ3v) is 2.67. The standard InChI is InChI=1S/C8H16N2O/c1-6-3-4-8(2,5-6)7(11)10-9/h6H,3-5,9H2,1-2H3,(H,10,11). The van der Waals surface area contributed by atoms with Crippen molar-refractivity contribution in [1.82, 2.24) is 5.43 Å². The number of hydrogen-bond donors (Lipinski definition) is 2. The van der Waals surface area contributed by atoms with Crippen LogP contribution in [0, 0.1) is 11.3 Å². The first-order valence-electron chi connectivity index (χ1n) is 4.09. The highest BCUT2D eigenvalue weighted by Gasteiger charge is 2.38. The van der Waals surface area contributed by atoms with E-state index in [0.29, 0.717) is 5.92 Å². The van der Waals surface area contributed by atoms with Crippen LogP contribution >= 0.6 is 0 Å². The van der Waals surface area contributed by atoms with Gasteiger partial charge in [-0.15, -0.1) is 0 Å². The Hall–Kier alpha value is -0.570. The predicted molar refractivity (Wildman–Crippen MR) is 43.5 cm³/mol. The molecule has 0 saturated heterocycles. The van der Waals surface area contributed by atoms with Gasteiger partial charge in [0.15, 0.2) is 0 Å². The van der Waals surface area contributed by atoms with E-state index in [4.69, 9.17) is 5.84 Å². The maximum absolute atomic E-state index is 11.2. The van der Waals surface area contributed by atoms with Crippen LogP contribution in [0.2, 0.25) is 0 Å². The Morgan fingerprint density at radius 2 is 2.36 bits per heavy atom. The summed E-state index contributed by atoms with van der Waals surface area (Å²) in [7, 11) is 0. The van der Waals surface area contributed by atoms with Crippen LogP contribution in [0.1, 0.15) is 33.1 Å². The zero-order valence-corrected chi connectivity index (χ0v) is 7.18. The molecule has 0 heterocycles. The first kappa shape index (κ1) is 8.53. The van der Waals surface area contributed by atoms with Crippen LogP contribution in [-0.2, 0) is 4.79 Å². The molecule has 1 amide bonds. The number of nitrogens with two attached hydrogens (primary N) is 1. The molecule has 11 heavy (non-hydrogen) atoms. The quantitative estimate of drug-likeness (QED) is 0.335. The Morgan fingerprint density at radius 1 is 1.73 bits per heavy atom. The van der Waals surface area contributed by atoms with Crippen LogP contribution in [-0.4, -0.2) is 5.91 Å². The molecule has 0 aromatic rings. The second-order valence-electron chi connectivity index (χ2n) is 3.88. The summed E-state index contributed by atoms with van der Waals surface area (Å²) in [6.45, 7) is 4.16. The Kier molecular flexibility index (Phi) is 2.18. The number of carbonyl (C=O) groups excluding carboxylic acids is 1. The van der Waals surface area contributed by atoms with E-state index in [1.807, 2.05) is 6.92 Å². The minimum atomic E-state index is -0.200. The van der Waals surface area contributed by atoms with Crippen molar-refractivity contribution < 1.29 is 4.79 Å². The van der Waals surface area contributed by atoms with E-state index in [-0.39, 0.29) is 11.3 Å². The summed E-state index contributed by atoms with van der Waals surface area (Å²) in [5.41, 5.74) is 2.03. The van der Waals surface area contributed by atoms with Gasteiger partial charge in [0.2, 0.25) is 5.91 Å². The molecule has 1 rings (SSSR count). The molecule has 3 nitrogen and oxygen atoms in total. The molecule has 3 N–H and O–H groups in total. The largest absolute Gasteiger partial charge is 0.294 e. The first-order chi connectivity index (χ1) is 5.08. The van der Waals surface area contributed by atoms with Gasteiger partial charge in [-0.2, -0.15) is 0 Å². The van der Waals surface area contributed by atoms with Gasteiger partial charge in [-0.1, -0.05) is 13.8 Å². The molecule has 0 spiro atoms. The van der Waals surface area contributed by atoms with Crippen molar-refractivity contribution >= 4 is 5.91 Å². The highest BCUT2D eigenvalue weighted by Crippen LogP contribution is 2.40. The smallest absolute Gasteiger partial charge is 0.239 e. The zero-order valence-electron chi connectivity index (χ0n) is 7.18. The lowest BCUT2D eigenvalue weighted by atomic mass is 9.87. The Balaban J connectivity index is 2.61. The fourth-order valence-electron chi connectivity index (χ4n) is 1.92. The summed E-state index contributed by atoms with van der Waals surface area (Å²) in [6, 6.07) is 0. The second kappa shape index (κ2) is 2.81. The first-order valence-corrected chi connectivity index (χ1v) is 4.09. The van der Waals surface area contributed by atoms with Crippen molar-refractivity contribution in [1.29, 1.82) is 0 Å². The molecule has 3 heteroatoms. The zero-order chi connectivity index (χ0) is 8.48. The number of amides is 1. The molecule has 1 saturated carbocycles. The molecule has 1 aliphatic rings. The number of rotatable bonds is 1. The minimum Gasteiger partial charge on any atom is -0.294 e. The van der Waals surface area contributed by atoms with Crippen LogP contribution in [0.15, 0.2) is 0 Å². The number of hydrogen-bond acceptors (Lipinski definition) is 2. The number of nitrogens with one attached hydrogen (secondary N) is 1. The SMILES string of the molecule is CC1CCC(C)(C(=O)NN)C1. The Morgan fingerprint density at radius 3 is 2.73 bits per heavy atom. The minimum absolute atomic E-state index is 0.0122. The summed E-state index contributed by atoms with van der Waals surface area (Å²) in [6.07, 6.45) is 3.08. The Bertz CT molecular complexity index is 169. The van der Waals surface area contributed by atoms with Gasteiger partial charge in [-0.25, -0.2) is 5.84 Å². The van der Waals surface area contributed by atoms with Crippen LogP contribution in [0.25, 0.3) is 0 Å². The highest BCUT2D eigenvalue weighted by atomic mass is 16.2. The van der Waals surface area contributed by atoms with E-state index >= 15 is 0 Å². The third kappa shape index (κ3) is 1.53. The van der Waals surface area contributed by atoms with E-state index < -0.39 is 0 Å². The summed E-state index contributed by atoms with van der Waals surface area (Å²) in [4.78, 5) is 11.2. The van der Waals surface area contributed by atoms with Gasteiger partial charge >= 0.3 is 0 Å². The van der Waals surface area contributed by atoms with Crippen molar-refractivity contribution in [3.05, 3.63) is 0 Å². The molecular formula is C8H16N2O. The van der Waals surface area contributed by atoms with Gasteiger partial charge in [0.25, 0.3) is 0 Å². The van der Waals surface area contributed by atoms with E-state index in [2.05, 4.69) is 12.3 Å². The number of hydrazine groups is 1. The average molecular weight is 156 g/mol. The van der Waals surface area contributed by atoms with E-state index in [0.717, 1.165) is 19.3 Å². The van der Waals surface area contributed by atoms with E-state index in [1.165, 1.54) is 0 Å². The summed E-state index contributed by atoms with van der Waals surface area (Å²) in [5.74, 6) is 5.73. The van der Waals surface area contributed by atoms with Crippen LogP contribution in [0.4, 0.5) is 0 Å². The van der Waals surface area contributed by atoms with Crippen LogP contribution < -0.4 is 11.3 Å². The van der Waals surface area contributed by atoms with Gasteiger partial charge in [-0.05, 0) is 25.2 Å². The fraction of sp³-hybridized carbons (Fsp3) is 0.875. The maximum Gasteiger partial charge on any atom is 0.239 e. The third-order valence-electron chi connectivity index (χ3n) is 2.67. The van der Waals surface area contributed by atoms with Crippen molar-refractivity contribution in [2.45, 2.75) is 33.1 Å². The van der Waals surface area contributed by atoms with Crippen LogP contribution in [0.3, 0.4) is 0 Å². The monoisotopic (exact) mass is 156 g/mol. The highest BCUT2D eigenvalue weighted by molar-refractivity contribution is 5.81. The molecule has 1 aliphatic carbocycles. The van der Waals surface area contributed by atoms with E-state index in [1.54, 1.807) is 0 Å². The average Bonchev–Trinajstić information content (AvgIpc) is 2.31. The van der Waals surface area contributed by atoms with Crippen molar-refractivity contribution in [3.63, 3.8) is 0 Å². The van der Waals surface area contributed by atoms with Gasteiger partial charge in [0.1, 0.15) is 0 Å². The van der Waals surface area contributed by atoms with Gasteiger partial charge in [0, 0.05) is 5.41 Å². The fourth-order valence-corrected chi connectivity index (χ4v) is 1.92. The molecular weight excluding hydrogens is 140 g/mol. The van der Waals surface area contributed by atoms with Crippen molar-refractivity contribution in [2.24, 2.45) is 17.2 Å². The molecule has 64 valence electrons. The molecule has 2 unspecified atom stereocenters. The molecule has 0 radical (unpaired) electrons. The molecule has 0 aromatic heterocycles. The molecule has 0 bridgehead atoms.